The first kappa shape index (κ1) is 19.7. The Balaban J connectivity index is 0.00000210. The van der Waals surface area contributed by atoms with Gasteiger partial charge in [-0.1, -0.05) is 19.3 Å². The number of aromatic amines is 1. The van der Waals surface area contributed by atoms with Crippen LogP contribution in [0.5, 0.6) is 5.75 Å². The molecule has 0 spiro atoms. The Morgan fingerprint density at radius 1 is 1.19 bits per heavy atom. The number of benzene rings is 1. The third-order valence-electron chi connectivity index (χ3n) is 5.34. The molecule has 1 aliphatic carbocycles. The number of anilines is 1. The molecule has 0 atom stereocenters. The number of hydrogen-bond acceptors (Lipinski definition) is 4. The van der Waals surface area contributed by atoms with Crippen molar-refractivity contribution in [3.8, 4) is 5.75 Å². The number of fused-ring (bicyclic) bond motifs is 1. The molecule has 3 N–H and O–H groups in total. The van der Waals surface area contributed by atoms with E-state index in [2.05, 4.69) is 20.8 Å². The standard InChI is InChI=1S/C20H26N4O2.ClH/c25-20(19-17-12-21-11-10-18(17)23-24-19)22-15-6-8-16(9-7-15)26-13-14-4-2-1-3-5-14;/h6-9,14,21H,1-5,10-13H2,(H,22,25)(H,23,24);1H. The molecule has 146 valence electrons. The minimum atomic E-state index is -0.179. The zero-order valence-corrected chi connectivity index (χ0v) is 16.2. The second kappa shape index (κ2) is 9.24. The summed E-state index contributed by atoms with van der Waals surface area (Å²) in [6, 6.07) is 7.59. The summed E-state index contributed by atoms with van der Waals surface area (Å²) in [5.74, 6) is 1.36. The first-order valence-corrected chi connectivity index (χ1v) is 9.60. The van der Waals surface area contributed by atoms with E-state index in [-0.39, 0.29) is 18.3 Å². The van der Waals surface area contributed by atoms with E-state index in [1.54, 1.807) is 0 Å². The highest BCUT2D eigenvalue weighted by atomic mass is 35.5. The molecule has 0 unspecified atom stereocenters. The molecule has 0 saturated heterocycles. The van der Waals surface area contributed by atoms with Crippen LogP contribution < -0.4 is 15.4 Å². The first-order valence-electron chi connectivity index (χ1n) is 9.60. The van der Waals surface area contributed by atoms with Gasteiger partial charge in [-0.2, -0.15) is 5.10 Å². The Morgan fingerprint density at radius 3 is 2.74 bits per heavy atom. The summed E-state index contributed by atoms with van der Waals surface area (Å²) in [6.07, 6.45) is 7.44. The quantitative estimate of drug-likeness (QED) is 0.727. The molecular formula is C20H27ClN4O2. The number of amides is 1. The van der Waals surface area contributed by atoms with Gasteiger partial charge < -0.3 is 15.4 Å². The normalized spacial score (nSPS) is 16.9. The summed E-state index contributed by atoms with van der Waals surface area (Å²) >= 11 is 0. The summed E-state index contributed by atoms with van der Waals surface area (Å²) in [5.41, 5.74) is 3.26. The predicted octanol–water partition coefficient (Wildman–Crippen LogP) is 3.69. The molecule has 27 heavy (non-hydrogen) atoms. The Kier molecular flexibility index (Phi) is 6.74. The Hall–Kier alpha value is -2.05. The van der Waals surface area contributed by atoms with Gasteiger partial charge >= 0.3 is 0 Å². The average molecular weight is 391 g/mol. The van der Waals surface area contributed by atoms with Crippen molar-refractivity contribution in [1.29, 1.82) is 0 Å². The fraction of sp³-hybridized carbons (Fsp3) is 0.500. The monoisotopic (exact) mass is 390 g/mol. The Morgan fingerprint density at radius 2 is 1.96 bits per heavy atom. The van der Waals surface area contributed by atoms with Gasteiger partial charge in [-0.05, 0) is 43.0 Å². The lowest BCUT2D eigenvalue weighted by Gasteiger charge is -2.21. The van der Waals surface area contributed by atoms with Crippen molar-refractivity contribution in [1.82, 2.24) is 15.5 Å². The van der Waals surface area contributed by atoms with Crippen molar-refractivity contribution in [3.63, 3.8) is 0 Å². The van der Waals surface area contributed by atoms with Gasteiger partial charge in [0.05, 0.1) is 6.61 Å². The molecule has 6 nitrogen and oxygen atoms in total. The van der Waals surface area contributed by atoms with Crippen LogP contribution in [0, 0.1) is 5.92 Å². The maximum atomic E-state index is 12.5. The molecule has 1 aromatic heterocycles. The minimum absolute atomic E-state index is 0. The molecule has 1 aromatic carbocycles. The van der Waals surface area contributed by atoms with Crippen molar-refractivity contribution >= 4 is 24.0 Å². The Bertz CT molecular complexity index is 754. The van der Waals surface area contributed by atoms with Crippen molar-refractivity contribution in [2.24, 2.45) is 5.92 Å². The molecule has 0 bridgehead atoms. The molecular weight excluding hydrogens is 364 g/mol. The topological polar surface area (TPSA) is 79.0 Å². The number of H-pyrrole nitrogens is 1. The molecule has 7 heteroatoms. The molecule has 1 aliphatic heterocycles. The van der Waals surface area contributed by atoms with Gasteiger partial charge in [0.1, 0.15) is 5.75 Å². The van der Waals surface area contributed by atoms with Crippen LogP contribution in [0.25, 0.3) is 0 Å². The summed E-state index contributed by atoms with van der Waals surface area (Å²) in [4.78, 5) is 12.5. The number of hydrogen-bond donors (Lipinski definition) is 3. The van der Waals surface area contributed by atoms with Gasteiger partial charge in [-0.15, -0.1) is 12.4 Å². The number of ether oxygens (including phenoxy) is 1. The number of halogens is 1. The van der Waals surface area contributed by atoms with Crippen LogP contribution in [0.15, 0.2) is 24.3 Å². The third kappa shape index (κ3) is 4.82. The van der Waals surface area contributed by atoms with Crippen LogP contribution >= 0.6 is 12.4 Å². The van der Waals surface area contributed by atoms with E-state index in [0.717, 1.165) is 42.3 Å². The van der Waals surface area contributed by atoms with Gasteiger partial charge in [0.2, 0.25) is 0 Å². The number of carbonyl (C=O) groups excluding carboxylic acids is 1. The first-order chi connectivity index (χ1) is 12.8. The highest BCUT2D eigenvalue weighted by Gasteiger charge is 2.21. The number of nitrogens with zero attached hydrogens (tertiary/aromatic N) is 1. The predicted molar refractivity (Wildman–Crippen MR) is 108 cm³/mol. The maximum Gasteiger partial charge on any atom is 0.276 e. The summed E-state index contributed by atoms with van der Waals surface area (Å²) in [7, 11) is 0. The van der Waals surface area contributed by atoms with E-state index in [1.807, 2.05) is 24.3 Å². The van der Waals surface area contributed by atoms with E-state index in [0.29, 0.717) is 18.2 Å². The van der Waals surface area contributed by atoms with Crippen molar-refractivity contribution in [2.75, 3.05) is 18.5 Å². The van der Waals surface area contributed by atoms with Crippen LogP contribution in [0.2, 0.25) is 0 Å². The van der Waals surface area contributed by atoms with Crippen molar-refractivity contribution in [3.05, 3.63) is 41.2 Å². The number of nitrogens with one attached hydrogen (secondary N) is 3. The molecule has 2 aromatic rings. The molecule has 2 aliphatic rings. The molecule has 4 rings (SSSR count). The van der Waals surface area contributed by atoms with Crippen molar-refractivity contribution < 1.29 is 9.53 Å². The maximum absolute atomic E-state index is 12.5. The van der Waals surface area contributed by atoms with Gasteiger partial charge in [0.15, 0.2) is 5.69 Å². The smallest absolute Gasteiger partial charge is 0.276 e. The lowest BCUT2D eigenvalue weighted by molar-refractivity contribution is 0.102. The molecule has 1 amide bonds. The number of carbonyl (C=O) groups is 1. The number of rotatable bonds is 5. The molecule has 0 radical (unpaired) electrons. The van der Waals surface area contributed by atoms with Crippen molar-refractivity contribution in [2.45, 2.75) is 45.1 Å². The van der Waals surface area contributed by atoms with Crippen LogP contribution in [0.4, 0.5) is 5.69 Å². The summed E-state index contributed by atoms with van der Waals surface area (Å²) in [5, 5.41) is 13.4. The van der Waals surface area contributed by atoms with Gasteiger partial charge in [0, 0.05) is 36.5 Å². The third-order valence-corrected chi connectivity index (χ3v) is 5.34. The summed E-state index contributed by atoms with van der Waals surface area (Å²) in [6.45, 7) is 2.39. The van der Waals surface area contributed by atoms with Crippen LogP contribution in [-0.2, 0) is 13.0 Å². The van der Waals surface area contributed by atoms with E-state index in [9.17, 15) is 4.79 Å². The van der Waals surface area contributed by atoms with E-state index in [4.69, 9.17) is 4.74 Å². The lowest BCUT2D eigenvalue weighted by Crippen LogP contribution is -2.25. The highest BCUT2D eigenvalue weighted by Crippen LogP contribution is 2.25. The SMILES string of the molecule is Cl.O=C(Nc1ccc(OCC2CCCCC2)cc1)c1n[nH]c2c1CNCC2. The summed E-state index contributed by atoms with van der Waals surface area (Å²) < 4.78 is 5.91. The minimum Gasteiger partial charge on any atom is -0.493 e. The second-order valence-electron chi connectivity index (χ2n) is 7.25. The average Bonchev–Trinajstić information content (AvgIpc) is 3.12. The van der Waals surface area contributed by atoms with E-state index in [1.165, 1.54) is 32.1 Å². The second-order valence-corrected chi connectivity index (χ2v) is 7.25. The van der Waals surface area contributed by atoms with E-state index >= 15 is 0 Å². The lowest BCUT2D eigenvalue weighted by atomic mass is 9.90. The van der Waals surface area contributed by atoms with Gasteiger partial charge in [-0.25, -0.2) is 0 Å². The zero-order valence-electron chi connectivity index (χ0n) is 15.4. The fourth-order valence-corrected chi connectivity index (χ4v) is 3.81. The van der Waals surface area contributed by atoms with Crippen LogP contribution in [0.3, 0.4) is 0 Å². The van der Waals surface area contributed by atoms with E-state index < -0.39 is 0 Å². The number of aromatic nitrogens is 2. The highest BCUT2D eigenvalue weighted by molar-refractivity contribution is 6.04. The van der Waals surface area contributed by atoms with Gasteiger partial charge in [-0.3, -0.25) is 9.89 Å². The van der Waals surface area contributed by atoms with Gasteiger partial charge in [0.25, 0.3) is 5.91 Å². The largest absolute Gasteiger partial charge is 0.493 e. The van der Waals surface area contributed by atoms with Crippen LogP contribution in [0.1, 0.15) is 53.8 Å². The molecule has 1 saturated carbocycles. The Labute approximate surface area is 165 Å². The molecule has 2 heterocycles. The van der Waals surface area contributed by atoms with Crippen LogP contribution in [-0.4, -0.2) is 29.3 Å². The zero-order chi connectivity index (χ0) is 17.8. The molecule has 1 fully saturated rings. The fourth-order valence-electron chi connectivity index (χ4n) is 3.81.